The van der Waals surface area contributed by atoms with E-state index in [-0.39, 0.29) is 16.3 Å². The van der Waals surface area contributed by atoms with Crippen LogP contribution in [0.5, 0.6) is 0 Å². The highest BCUT2D eigenvalue weighted by Gasteiger charge is 2.25. The highest BCUT2D eigenvalue weighted by atomic mass is 32.2. The zero-order valence-electron chi connectivity index (χ0n) is 16.2. The van der Waals surface area contributed by atoms with Crippen molar-refractivity contribution in [1.82, 2.24) is 9.03 Å². The molecule has 0 aromatic heterocycles. The molecular weight excluding hydrogens is 396 g/mol. The molecule has 8 heteroatoms. The predicted molar refractivity (Wildman–Crippen MR) is 109 cm³/mol. The third kappa shape index (κ3) is 4.63. The van der Waals surface area contributed by atoms with E-state index in [0.717, 1.165) is 24.8 Å². The van der Waals surface area contributed by atoms with Gasteiger partial charge in [0.05, 0.1) is 9.79 Å². The van der Waals surface area contributed by atoms with Crippen molar-refractivity contribution in [2.45, 2.75) is 49.4 Å². The largest absolute Gasteiger partial charge is 0.243 e. The van der Waals surface area contributed by atoms with Crippen molar-refractivity contribution < 1.29 is 16.8 Å². The van der Waals surface area contributed by atoms with Crippen LogP contribution >= 0.6 is 0 Å². The van der Waals surface area contributed by atoms with E-state index in [9.17, 15) is 16.8 Å². The van der Waals surface area contributed by atoms with Crippen molar-refractivity contribution in [2.24, 2.45) is 0 Å². The van der Waals surface area contributed by atoms with Gasteiger partial charge in [-0.05, 0) is 61.6 Å². The van der Waals surface area contributed by atoms with Gasteiger partial charge in [0.1, 0.15) is 0 Å². The van der Waals surface area contributed by atoms with E-state index < -0.39 is 20.0 Å². The van der Waals surface area contributed by atoms with E-state index in [1.807, 2.05) is 13.0 Å². The lowest BCUT2D eigenvalue weighted by Gasteiger charge is -2.25. The quantitative estimate of drug-likeness (QED) is 0.776. The van der Waals surface area contributed by atoms with Crippen molar-refractivity contribution in [3.8, 4) is 0 Å². The summed E-state index contributed by atoms with van der Waals surface area (Å²) in [7, 11) is -7.12. The molecule has 0 bridgehead atoms. The summed E-state index contributed by atoms with van der Waals surface area (Å²) >= 11 is 0. The molecule has 0 aliphatic carbocycles. The summed E-state index contributed by atoms with van der Waals surface area (Å²) in [5, 5.41) is 0. The van der Waals surface area contributed by atoms with E-state index in [1.165, 1.54) is 4.31 Å². The molecule has 1 heterocycles. The molecule has 152 valence electrons. The van der Waals surface area contributed by atoms with Crippen LogP contribution in [0.4, 0.5) is 0 Å². The predicted octanol–water partition coefficient (Wildman–Crippen LogP) is 2.96. The maximum Gasteiger partial charge on any atom is 0.243 e. The van der Waals surface area contributed by atoms with E-state index in [1.54, 1.807) is 43.3 Å². The molecule has 0 saturated carbocycles. The fraction of sp³-hybridized carbons (Fsp3) is 0.400. The molecule has 0 unspecified atom stereocenters. The number of hydrogen-bond acceptors (Lipinski definition) is 4. The monoisotopic (exact) mass is 422 g/mol. The van der Waals surface area contributed by atoms with Crippen molar-refractivity contribution in [1.29, 1.82) is 0 Å². The van der Waals surface area contributed by atoms with Crippen LogP contribution in [0.25, 0.3) is 0 Å². The van der Waals surface area contributed by atoms with Crippen LogP contribution in [-0.2, 0) is 26.6 Å². The normalized spacial score (nSPS) is 16.2. The van der Waals surface area contributed by atoms with Crippen LogP contribution in [0, 0.1) is 13.8 Å². The minimum absolute atomic E-state index is 0.0970. The summed E-state index contributed by atoms with van der Waals surface area (Å²) in [6.45, 7) is 4.81. The van der Waals surface area contributed by atoms with Gasteiger partial charge in [-0.15, -0.1) is 0 Å². The standard InChI is InChI=1S/C20H26N2O4S2/c1-16-6-7-17(2)20(14-16)27(23,24)21-15-18-8-10-19(11-9-18)28(25,26)22-12-4-3-5-13-22/h6-11,14,21H,3-5,12-13,15H2,1-2H3. The highest BCUT2D eigenvalue weighted by molar-refractivity contribution is 7.89. The highest BCUT2D eigenvalue weighted by Crippen LogP contribution is 2.21. The van der Waals surface area contributed by atoms with Gasteiger partial charge in [0, 0.05) is 19.6 Å². The van der Waals surface area contributed by atoms with Gasteiger partial charge in [-0.3, -0.25) is 0 Å². The molecule has 2 aromatic rings. The van der Waals surface area contributed by atoms with Crippen LogP contribution in [0.1, 0.15) is 36.0 Å². The van der Waals surface area contributed by atoms with Crippen molar-refractivity contribution in [3.05, 3.63) is 59.2 Å². The molecular formula is C20H26N2O4S2. The van der Waals surface area contributed by atoms with Gasteiger partial charge in [0.2, 0.25) is 20.0 Å². The zero-order valence-corrected chi connectivity index (χ0v) is 17.8. The molecule has 1 aliphatic rings. The maximum atomic E-state index is 12.7. The summed E-state index contributed by atoms with van der Waals surface area (Å²) in [5.74, 6) is 0. The van der Waals surface area contributed by atoms with E-state index in [0.29, 0.717) is 24.2 Å². The van der Waals surface area contributed by atoms with E-state index in [4.69, 9.17) is 0 Å². The molecule has 1 aliphatic heterocycles. The zero-order chi connectivity index (χ0) is 20.4. The molecule has 6 nitrogen and oxygen atoms in total. The van der Waals surface area contributed by atoms with Crippen molar-refractivity contribution >= 4 is 20.0 Å². The van der Waals surface area contributed by atoms with Gasteiger partial charge in [-0.1, -0.05) is 30.7 Å². The van der Waals surface area contributed by atoms with Gasteiger partial charge in [0.15, 0.2) is 0 Å². The number of piperidine rings is 1. The Morgan fingerprint density at radius 3 is 2.18 bits per heavy atom. The number of benzene rings is 2. The summed E-state index contributed by atoms with van der Waals surface area (Å²) in [6.07, 6.45) is 2.83. The molecule has 1 fully saturated rings. The second-order valence-corrected chi connectivity index (χ2v) is 10.9. The smallest absolute Gasteiger partial charge is 0.207 e. The first kappa shape index (κ1) is 21.0. The Balaban J connectivity index is 1.71. The number of rotatable bonds is 6. The SMILES string of the molecule is Cc1ccc(C)c(S(=O)(=O)NCc2ccc(S(=O)(=O)N3CCCCC3)cc2)c1. The van der Waals surface area contributed by atoms with Gasteiger partial charge in [-0.2, -0.15) is 4.31 Å². The molecule has 2 aromatic carbocycles. The first-order valence-corrected chi connectivity index (χ1v) is 12.3. The molecule has 28 heavy (non-hydrogen) atoms. The topological polar surface area (TPSA) is 83.5 Å². The first-order chi connectivity index (χ1) is 13.2. The summed E-state index contributed by atoms with van der Waals surface area (Å²) in [6, 6.07) is 11.7. The van der Waals surface area contributed by atoms with Crippen LogP contribution in [0.2, 0.25) is 0 Å². The molecule has 0 amide bonds. The molecule has 1 saturated heterocycles. The fourth-order valence-corrected chi connectivity index (χ4v) is 6.15. The summed E-state index contributed by atoms with van der Waals surface area (Å²) in [5.41, 5.74) is 2.26. The molecule has 1 N–H and O–H groups in total. The van der Waals surface area contributed by atoms with Crippen LogP contribution in [0.3, 0.4) is 0 Å². The number of nitrogens with one attached hydrogen (secondary N) is 1. The average molecular weight is 423 g/mol. The lowest BCUT2D eigenvalue weighted by atomic mass is 10.2. The first-order valence-electron chi connectivity index (χ1n) is 9.36. The number of sulfonamides is 2. The van der Waals surface area contributed by atoms with Gasteiger partial charge < -0.3 is 0 Å². The maximum absolute atomic E-state index is 12.7. The Morgan fingerprint density at radius 1 is 0.893 bits per heavy atom. The van der Waals surface area contributed by atoms with Gasteiger partial charge >= 0.3 is 0 Å². The second-order valence-electron chi connectivity index (χ2n) is 7.20. The summed E-state index contributed by atoms with van der Waals surface area (Å²) in [4.78, 5) is 0.507. The van der Waals surface area contributed by atoms with Gasteiger partial charge in [0.25, 0.3) is 0 Å². The summed E-state index contributed by atoms with van der Waals surface area (Å²) < 4.78 is 54.7. The Hall–Kier alpha value is -1.74. The van der Waals surface area contributed by atoms with Crippen molar-refractivity contribution in [3.63, 3.8) is 0 Å². The lowest BCUT2D eigenvalue weighted by Crippen LogP contribution is -2.35. The second kappa shape index (κ2) is 8.32. The molecule has 0 atom stereocenters. The minimum atomic E-state index is -3.64. The van der Waals surface area contributed by atoms with Crippen LogP contribution < -0.4 is 4.72 Å². The number of aryl methyl sites for hydroxylation is 2. The third-order valence-corrected chi connectivity index (χ3v) is 8.43. The van der Waals surface area contributed by atoms with Crippen LogP contribution in [0.15, 0.2) is 52.3 Å². The third-order valence-electron chi connectivity index (χ3n) is 4.98. The Labute approximate surface area is 167 Å². The Bertz CT molecular complexity index is 1040. The lowest BCUT2D eigenvalue weighted by molar-refractivity contribution is 0.346. The van der Waals surface area contributed by atoms with E-state index in [2.05, 4.69) is 4.72 Å². The molecule has 0 radical (unpaired) electrons. The minimum Gasteiger partial charge on any atom is -0.207 e. The molecule has 0 spiro atoms. The Morgan fingerprint density at radius 2 is 1.54 bits per heavy atom. The fourth-order valence-electron chi connectivity index (χ4n) is 3.29. The van der Waals surface area contributed by atoms with E-state index >= 15 is 0 Å². The Kier molecular flexibility index (Phi) is 6.24. The number of nitrogens with zero attached hydrogens (tertiary/aromatic N) is 1. The average Bonchev–Trinajstić information content (AvgIpc) is 2.69. The van der Waals surface area contributed by atoms with Crippen molar-refractivity contribution in [2.75, 3.05) is 13.1 Å². The molecule has 3 rings (SSSR count). The van der Waals surface area contributed by atoms with Gasteiger partial charge in [-0.25, -0.2) is 21.6 Å². The number of hydrogen-bond donors (Lipinski definition) is 1. The van der Waals surface area contributed by atoms with Crippen LogP contribution in [-0.4, -0.2) is 34.2 Å².